The van der Waals surface area contributed by atoms with Crippen LogP contribution in [0.15, 0.2) is 5.16 Å². The van der Waals surface area contributed by atoms with Gasteiger partial charge in [-0.15, -0.1) is 10.2 Å². The maximum atomic E-state index is 12.5. The summed E-state index contributed by atoms with van der Waals surface area (Å²) in [6.45, 7) is 3.12. The van der Waals surface area contributed by atoms with E-state index in [4.69, 9.17) is 5.84 Å². The molecule has 23 heavy (non-hydrogen) atoms. The number of hydrogen-bond donors (Lipinski definition) is 1. The quantitative estimate of drug-likeness (QED) is 0.597. The standard InChI is InChI=1S/C11H15F3N6O2S/c1-7(21)18-2-4-19(5-3-18)8(22)6-23-10-17-16-9(20(10)15)11(12,13)14/h2-6,15H2,1H3. The average Bonchev–Trinajstić information content (AvgIpc) is 2.86. The summed E-state index contributed by atoms with van der Waals surface area (Å²) >= 11 is 0.785. The van der Waals surface area contributed by atoms with E-state index < -0.39 is 12.0 Å². The minimum absolute atomic E-state index is 0.0533. The maximum absolute atomic E-state index is 12.5. The van der Waals surface area contributed by atoms with Gasteiger partial charge in [0.05, 0.1) is 5.75 Å². The zero-order chi connectivity index (χ0) is 17.2. The van der Waals surface area contributed by atoms with E-state index in [1.54, 1.807) is 9.80 Å². The summed E-state index contributed by atoms with van der Waals surface area (Å²) in [5.41, 5.74) is 0. The zero-order valence-corrected chi connectivity index (χ0v) is 13.0. The first-order valence-corrected chi connectivity index (χ1v) is 7.62. The third kappa shape index (κ3) is 4.06. The second kappa shape index (κ2) is 6.64. The fraction of sp³-hybridized carbons (Fsp3) is 0.636. The minimum atomic E-state index is -4.70. The Morgan fingerprint density at radius 2 is 1.74 bits per heavy atom. The highest BCUT2D eigenvalue weighted by molar-refractivity contribution is 7.99. The Bertz CT molecular complexity index is 597. The van der Waals surface area contributed by atoms with Gasteiger partial charge in [0.15, 0.2) is 0 Å². The first-order chi connectivity index (χ1) is 10.7. The summed E-state index contributed by atoms with van der Waals surface area (Å²) in [4.78, 5) is 26.4. The van der Waals surface area contributed by atoms with E-state index in [1.807, 2.05) is 0 Å². The van der Waals surface area contributed by atoms with Crippen molar-refractivity contribution in [2.45, 2.75) is 18.3 Å². The molecule has 0 unspecified atom stereocenters. The first kappa shape index (κ1) is 17.4. The molecule has 1 aliphatic heterocycles. The Kier molecular flexibility index (Phi) is 5.02. The van der Waals surface area contributed by atoms with Crippen LogP contribution >= 0.6 is 11.8 Å². The minimum Gasteiger partial charge on any atom is -0.339 e. The van der Waals surface area contributed by atoms with E-state index >= 15 is 0 Å². The molecule has 2 rings (SSSR count). The van der Waals surface area contributed by atoms with Crippen LogP contribution in [0.2, 0.25) is 0 Å². The van der Waals surface area contributed by atoms with Gasteiger partial charge in [0.2, 0.25) is 17.0 Å². The van der Waals surface area contributed by atoms with E-state index in [2.05, 4.69) is 10.2 Å². The van der Waals surface area contributed by atoms with Crippen LogP contribution in [0.3, 0.4) is 0 Å². The highest BCUT2D eigenvalue weighted by Crippen LogP contribution is 2.28. The van der Waals surface area contributed by atoms with Crippen molar-refractivity contribution in [1.82, 2.24) is 24.7 Å². The SMILES string of the molecule is CC(=O)N1CCN(C(=O)CSc2nnc(C(F)(F)F)n2N)CC1. The predicted octanol–water partition coefficient (Wildman–Crippen LogP) is -0.207. The van der Waals surface area contributed by atoms with Gasteiger partial charge in [0.25, 0.3) is 5.82 Å². The number of hydrogen-bond acceptors (Lipinski definition) is 6. The Hall–Kier alpha value is -1.98. The number of rotatable bonds is 3. The van der Waals surface area contributed by atoms with E-state index in [9.17, 15) is 22.8 Å². The molecule has 1 fully saturated rings. The molecule has 8 nitrogen and oxygen atoms in total. The number of alkyl halides is 3. The van der Waals surface area contributed by atoms with Crippen molar-refractivity contribution < 1.29 is 22.8 Å². The lowest BCUT2D eigenvalue weighted by Crippen LogP contribution is -2.50. The fourth-order valence-corrected chi connectivity index (χ4v) is 2.82. The van der Waals surface area contributed by atoms with Gasteiger partial charge in [-0.3, -0.25) is 9.59 Å². The second-order valence-corrected chi connectivity index (χ2v) is 5.79. The van der Waals surface area contributed by atoms with Crippen molar-refractivity contribution in [2.75, 3.05) is 37.8 Å². The molecule has 1 aromatic rings. The van der Waals surface area contributed by atoms with Gasteiger partial charge in [0, 0.05) is 33.1 Å². The molecule has 0 radical (unpaired) electrons. The monoisotopic (exact) mass is 352 g/mol. The van der Waals surface area contributed by atoms with E-state index in [0.29, 0.717) is 30.9 Å². The van der Waals surface area contributed by atoms with Crippen molar-refractivity contribution >= 4 is 23.6 Å². The third-order valence-corrected chi connectivity index (χ3v) is 4.25. The summed E-state index contributed by atoms with van der Waals surface area (Å²) in [6.07, 6.45) is -4.70. The van der Waals surface area contributed by atoms with Gasteiger partial charge in [-0.25, -0.2) is 4.68 Å². The first-order valence-electron chi connectivity index (χ1n) is 6.64. The van der Waals surface area contributed by atoms with Gasteiger partial charge >= 0.3 is 6.18 Å². The molecule has 0 spiro atoms. The lowest BCUT2D eigenvalue weighted by Gasteiger charge is -2.34. The Morgan fingerprint density at radius 1 is 1.17 bits per heavy atom. The van der Waals surface area contributed by atoms with E-state index in [1.165, 1.54) is 6.92 Å². The molecule has 0 bridgehead atoms. The van der Waals surface area contributed by atoms with Crippen molar-refractivity contribution in [3.63, 3.8) is 0 Å². The molecule has 0 aromatic carbocycles. The molecular weight excluding hydrogens is 337 g/mol. The molecule has 0 aliphatic carbocycles. The normalized spacial score (nSPS) is 15.8. The summed E-state index contributed by atoms with van der Waals surface area (Å²) in [5, 5.41) is 6.13. The highest BCUT2D eigenvalue weighted by Gasteiger charge is 2.38. The lowest BCUT2D eigenvalue weighted by molar-refractivity contribution is -0.146. The molecule has 0 saturated carbocycles. The molecule has 128 valence electrons. The molecule has 2 heterocycles. The van der Waals surface area contributed by atoms with Crippen LogP contribution < -0.4 is 5.84 Å². The molecule has 2 amide bonds. The van der Waals surface area contributed by atoms with Crippen LogP contribution in [0.25, 0.3) is 0 Å². The van der Waals surface area contributed by atoms with Crippen LogP contribution in [0.4, 0.5) is 13.2 Å². The van der Waals surface area contributed by atoms with Crippen LogP contribution in [-0.4, -0.2) is 68.4 Å². The molecule has 1 aliphatic rings. The highest BCUT2D eigenvalue weighted by atomic mass is 32.2. The van der Waals surface area contributed by atoms with Gasteiger partial charge in [-0.2, -0.15) is 13.2 Å². The Morgan fingerprint density at radius 3 is 2.22 bits per heavy atom. The number of amides is 2. The van der Waals surface area contributed by atoms with Crippen LogP contribution in [0.5, 0.6) is 0 Å². The largest absolute Gasteiger partial charge is 0.453 e. The molecule has 1 saturated heterocycles. The Balaban J connectivity index is 1.88. The predicted molar refractivity (Wildman–Crippen MR) is 74.7 cm³/mol. The summed E-state index contributed by atoms with van der Waals surface area (Å²) in [5.74, 6) is 3.56. The van der Waals surface area contributed by atoms with Gasteiger partial charge in [-0.1, -0.05) is 11.8 Å². The molecule has 0 atom stereocenters. The third-order valence-electron chi connectivity index (χ3n) is 3.32. The van der Waals surface area contributed by atoms with Crippen molar-refractivity contribution in [1.29, 1.82) is 0 Å². The average molecular weight is 352 g/mol. The summed E-state index contributed by atoms with van der Waals surface area (Å²) in [6, 6.07) is 0. The molecule has 12 heteroatoms. The number of nitrogens with zero attached hydrogens (tertiary/aromatic N) is 5. The van der Waals surface area contributed by atoms with Crippen LogP contribution in [0.1, 0.15) is 12.7 Å². The summed E-state index contributed by atoms with van der Waals surface area (Å²) in [7, 11) is 0. The number of thioether (sulfide) groups is 1. The van der Waals surface area contributed by atoms with Crippen molar-refractivity contribution in [3.8, 4) is 0 Å². The van der Waals surface area contributed by atoms with Crippen molar-refractivity contribution in [2.24, 2.45) is 0 Å². The van der Waals surface area contributed by atoms with Crippen molar-refractivity contribution in [3.05, 3.63) is 5.82 Å². The van der Waals surface area contributed by atoms with Crippen LogP contribution in [-0.2, 0) is 15.8 Å². The number of halogens is 3. The van der Waals surface area contributed by atoms with Crippen LogP contribution in [0, 0.1) is 0 Å². The number of piperazine rings is 1. The maximum Gasteiger partial charge on any atom is 0.453 e. The number of aromatic nitrogens is 3. The van der Waals surface area contributed by atoms with E-state index in [0.717, 1.165) is 11.8 Å². The molecular formula is C11H15F3N6O2S. The number of carbonyl (C=O) groups is 2. The molecule has 1 aromatic heterocycles. The second-order valence-electron chi connectivity index (χ2n) is 4.85. The molecule has 2 N–H and O–H groups in total. The summed E-state index contributed by atoms with van der Waals surface area (Å²) < 4.78 is 37.9. The Labute approximate surface area is 133 Å². The number of nitrogen functional groups attached to an aromatic ring is 1. The number of carbonyl (C=O) groups excluding carboxylic acids is 2. The number of nitrogens with two attached hydrogens (primary N) is 1. The smallest absolute Gasteiger partial charge is 0.339 e. The van der Waals surface area contributed by atoms with Gasteiger partial charge in [0.1, 0.15) is 0 Å². The topological polar surface area (TPSA) is 97.4 Å². The van der Waals surface area contributed by atoms with Gasteiger partial charge in [-0.05, 0) is 0 Å². The zero-order valence-electron chi connectivity index (χ0n) is 12.2. The lowest BCUT2D eigenvalue weighted by atomic mass is 10.3. The van der Waals surface area contributed by atoms with E-state index in [-0.39, 0.29) is 22.7 Å². The fourth-order valence-electron chi connectivity index (χ4n) is 2.06. The van der Waals surface area contributed by atoms with Gasteiger partial charge < -0.3 is 15.6 Å².